The number of halogens is 3. The molecule has 2 atom stereocenters. The van der Waals surface area contributed by atoms with Crippen LogP contribution in [0.4, 0.5) is 13.2 Å². The molecule has 0 spiro atoms. The molecule has 0 radical (unpaired) electrons. The average molecular weight is 460 g/mol. The van der Waals surface area contributed by atoms with Crippen molar-refractivity contribution in [2.45, 2.75) is 50.9 Å². The molecule has 3 aliphatic rings. The summed E-state index contributed by atoms with van der Waals surface area (Å²) < 4.78 is 41.3. The van der Waals surface area contributed by atoms with Crippen LogP contribution in [0.1, 0.15) is 43.4 Å². The quantitative estimate of drug-likeness (QED) is 0.683. The molecule has 176 valence electrons. The lowest BCUT2D eigenvalue weighted by Gasteiger charge is -2.47. The molecule has 2 bridgehead atoms. The van der Waals surface area contributed by atoms with E-state index in [0.717, 1.165) is 63.3 Å². The predicted octanol–water partition coefficient (Wildman–Crippen LogP) is 3.96. The van der Waals surface area contributed by atoms with Crippen molar-refractivity contribution in [2.24, 2.45) is 5.92 Å². The van der Waals surface area contributed by atoms with E-state index >= 15 is 0 Å². The van der Waals surface area contributed by atoms with E-state index in [4.69, 9.17) is 0 Å². The molecule has 2 saturated heterocycles. The molecule has 0 aliphatic carbocycles. The zero-order valence-corrected chi connectivity index (χ0v) is 18.6. The number of amides is 1. The molecule has 8 heteroatoms. The van der Waals surface area contributed by atoms with E-state index in [-0.39, 0.29) is 17.4 Å². The Morgan fingerprint density at radius 3 is 2.48 bits per heavy atom. The predicted molar refractivity (Wildman–Crippen MR) is 119 cm³/mol. The molecule has 2 aromatic rings. The molecule has 0 saturated carbocycles. The van der Waals surface area contributed by atoms with Crippen LogP contribution in [-0.2, 0) is 17.5 Å². The van der Waals surface area contributed by atoms with Crippen molar-refractivity contribution in [3.8, 4) is 11.1 Å². The standard InChI is InChI=1S/C25H28F3N3O2/c1-16(32)29-9-7-21(8-10-29)30-13-17-11-19(15-30)23-6-5-22(24(33)31(23)14-17)18-3-2-4-20(12-18)25(26,27)28/h2-6,12,17,19,21H,7-11,13-15H2,1H3/t17-,19+/m0/s1. The summed E-state index contributed by atoms with van der Waals surface area (Å²) in [4.78, 5) is 29.4. The van der Waals surface area contributed by atoms with Crippen molar-refractivity contribution in [2.75, 3.05) is 26.2 Å². The topological polar surface area (TPSA) is 45.6 Å². The minimum absolute atomic E-state index is 0.133. The van der Waals surface area contributed by atoms with Crippen LogP contribution >= 0.6 is 0 Å². The third-order valence-corrected chi connectivity index (χ3v) is 7.56. The van der Waals surface area contributed by atoms with Gasteiger partial charge in [-0.1, -0.05) is 12.1 Å². The number of aromatic nitrogens is 1. The van der Waals surface area contributed by atoms with Gasteiger partial charge in [-0.15, -0.1) is 0 Å². The minimum Gasteiger partial charge on any atom is -0.343 e. The lowest BCUT2D eigenvalue weighted by molar-refractivity contribution is -0.137. The molecule has 3 aliphatic heterocycles. The van der Waals surface area contributed by atoms with Crippen molar-refractivity contribution in [1.29, 1.82) is 0 Å². The Labute approximate surface area is 190 Å². The van der Waals surface area contributed by atoms with Gasteiger partial charge in [-0.2, -0.15) is 13.2 Å². The highest BCUT2D eigenvalue weighted by Gasteiger charge is 2.38. The number of fused-ring (bicyclic) bond motifs is 4. The summed E-state index contributed by atoms with van der Waals surface area (Å²) in [5.41, 5.74) is 0.658. The van der Waals surface area contributed by atoms with E-state index in [0.29, 0.717) is 29.6 Å². The number of alkyl halides is 3. The highest BCUT2D eigenvalue weighted by atomic mass is 19.4. The first kappa shape index (κ1) is 22.2. The molecule has 0 unspecified atom stereocenters. The van der Waals surface area contributed by atoms with Gasteiger partial charge in [0, 0.05) is 62.9 Å². The fraction of sp³-hybridized carbons (Fsp3) is 0.520. The van der Waals surface area contributed by atoms with E-state index < -0.39 is 11.7 Å². The third-order valence-electron chi connectivity index (χ3n) is 7.56. The van der Waals surface area contributed by atoms with Gasteiger partial charge in [0.15, 0.2) is 0 Å². The van der Waals surface area contributed by atoms with Crippen molar-refractivity contribution in [1.82, 2.24) is 14.4 Å². The lowest BCUT2D eigenvalue weighted by Crippen LogP contribution is -2.53. The van der Waals surface area contributed by atoms with Gasteiger partial charge in [-0.3, -0.25) is 14.5 Å². The van der Waals surface area contributed by atoms with E-state index in [9.17, 15) is 22.8 Å². The second-order valence-electron chi connectivity index (χ2n) is 9.66. The Kier molecular flexibility index (Phi) is 5.59. The number of hydrogen-bond donors (Lipinski definition) is 0. The highest BCUT2D eigenvalue weighted by Crippen LogP contribution is 2.38. The molecular weight excluding hydrogens is 431 g/mol. The van der Waals surface area contributed by atoms with Gasteiger partial charge in [-0.25, -0.2) is 0 Å². The molecule has 1 aromatic carbocycles. The Morgan fingerprint density at radius 1 is 1.03 bits per heavy atom. The number of carbonyl (C=O) groups excluding carboxylic acids is 1. The smallest absolute Gasteiger partial charge is 0.343 e. The number of piperidine rings is 2. The summed E-state index contributed by atoms with van der Waals surface area (Å²) in [5.74, 6) is 0.719. The first-order valence-corrected chi connectivity index (χ1v) is 11.6. The van der Waals surface area contributed by atoms with Gasteiger partial charge in [0.05, 0.1) is 5.56 Å². The largest absolute Gasteiger partial charge is 0.416 e. The van der Waals surface area contributed by atoms with Crippen LogP contribution in [0.15, 0.2) is 41.2 Å². The molecular formula is C25H28F3N3O2. The molecule has 2 fully saturated rings. The fourth-order valence-corrected chi connectivity index (χ4v) is 5.91. The van der Waals surface area contributed by atoms with Gasteiger partial charge in [0.25, 0.3) is 5.56 Å². The normalized spacial score (nSPS) is 23.9. The summed E-state index contributed by atoms with van der Waals surface area (Å²) in [6.07, 6.45) is -1.47. The number of nitrogens with zero attached hydrogens (tertiary/aromatic N) is 3. The molecule has 5 nitrogen and oxygen atoms in total. The Hall–Kier alpha value is -2.61. The molecule has 4 heterocycles. The first-order chi connectivity index (χ1) is 15.7. The number of likely N-dealkylation sites (tertiary alicyclic amines) is 2. The zero-order valence-electron chi connectivity index (χ0n) is 18.6. The van der Waals surface area contributed by atoms with Crippen molar-refractivity contribution < 1.29 is 18.0 Å². The maximum Gasteiger partial charge on any atom is 0.416 e. The second-order valence-corrected chi connectivity index (χ2v) is 9.66. The van der Waals surface area contributed by atoms with Gasteiger partial charge < -0.3 is 9.47 Å². The molecule has 0 N–H and O–H groups in total. The summed E-state index contributed by atoms with van der Waals surface area (Å²) >= 11 is 0. The molecule has 5 rings (SSSR count). The average Bonchev–Trinajstić information content (AvgIpc) is 2.79. The van der Waals surface area contributed by atoms with Crippen molar-refractivity contribution in [3.63, 3.8) is 0 Å². The van der Waals surface area contributed by atoms with Crippen molar-refractivity contribution in [3.05, 3.63) is 58.0 Å². The number of carbonyl (C=O) groups is 1. The summed E-state index contributed by atoms with van der Waals surface area (Å²) in [6.45, 7) is 5.60. The Morgan fingerprint density at radius 2 is 1.79 bits per heavy atom. The summed E-state index contributed by atoms with van der Waals surface area (Å²) in [5, 5.41) is 0. The van der Waals surface area contributed by atoms with Crippen LogP contribution in [-0.4, -0.2) is 52.5 Å². The molecule has 1 aromatic heterocycles. The maximum atomic E-state index is 13.3. The lowest BCUT2D eigenvalue weighted by atomic mass is 9.81. The van der Waals surface area contributed by atoms with Gasteiger partial charge in [-0.05, 0) is 55.0 Å². The van der Waals surface area contributed by atoms with Crippen LogP contribution in [0.5, 0.6) is 0 Å². The molecule has 1 amide bonds. The maximum absolute atomic E-state index is 13.3. The van der Waals surface area contributed by atoms with Crippen LogP contribution < -0.4 is 5.56 Å². The Balaban J connectivity index is 1.38. The van der Waals surface area contributed by atoms with E-state index in [1.165, 1.54) is 6.07 Å². The van der Waals surface area contributed by atoms with Crippen molar-refractivity contribution >= 4 is 5.91 Å². The third kappa shape index (κ3) is 4.21. The summed E-state index contributed by atoms with van der Waals surface area (Å²) in [6, 6.07) is 9.08. The van der Waals surface area contributed by atoms with Crippen LogP contribution in [0.3, 0.4) is 0 Å². The van der Waals surface area contributed by atoms with Gasteiger partial charge in [0.2, 0.25) is 5.91 Å². The number of hydrogen-bond acceptors (Lipinski definition) is 3. The van der Waals surface area contributed by atoms with E-state index in [2.05, 4.69) is 4.90 Å². The fourth-order valence-electron chi connectivity index (χ4n) is 5.91. The molecule has 33 heavy (non-hydrogen) atoms. The Bertz CT molecular complexity index is 1120. The first-order valence-electron chi connectivity index (χ1n) is 11.6. The SMILES string of the molecule is CC(=O)N1CCC(N2C[C@@H]3C[C@H](C2)c2ccc(-c4cccc(C(F)(F)F)c4)c(=O)n2C3)CC1. The van der Waals surface area contributed by atoms with Gasteiger partial charge >= 0.3 is 6.18 Å². The number of rotatable bonds is 2. The zero-order chi connectivity index (χ0) is 23.3. The van der Waals surface area contributed by atoms with E-state index in [1.807, 2.05) is 11.0 Å². The van der Waals surface area contributed by atoms with Gasteiger partial charge in [0.1, 0.15) is 0 Å². The van der Waals surface area contributed by atoms with Crippen LogP contribution in [0, 0.1) is 5.92 Å². The van der Waals surface area contributed by atoms with Crippen LogP contribution in [0.25, 0.3) is 11.1 Å². The van der Waals surface area contributed by atoms with Crippen LogP contribution in [0.2, 0.25) is 0 Å². The number of pyridine rings is 1. The minimum atomic E-state index is -4.44. The highest BCUT2D eigenvalue weighted by molar-refractivity contribution is 5.73. The monoisotopic (exact) mass is 459 g/mol. The van der Waals surface area contributed by atoms with E-state index in [1.54, 1.807) is 23.6 Å². The number of benzene rings is 1. The second kappa shape index (κ2) is 8.31. The summed E-state index contributed by atoms with van der Waals surface area (Å²) in [7, 11) is 0.